The van der Waals surface area contributed by atoms with Crippen LogP contribution in [0.15, 0.2) is 0 Å². The summed E-state index contributed by atoms with van der Waals surface area (Å²) in [6, 6.07) is 0.771. The van der Waals surface area contributed by atoms with Gasteiger partial charge in [-0.15, -0.1) is 0 Å². The highest BCUT2D eigenvalue weighted by molar-refractivity contribution is 5.83. The average molecular weight is 322 g/mol. The maximum absolute atomic E-state index is 13.1. The number of nitrogens with one attached hydrogen (secondary N) is 2. The van der Waals surface area contributed by atoms with Crippen molar-refractivity contribution in [2.24, 2.45) is 0 Å². The van der Waals surface area contributed by atoms with Gasteiger partial charge in [-0.3, -0.25) is 9.59 Å². The van der Waals surface area contributed by atoms with E-state index in [1.807, 2.05) is 4.90 Å². The van der Waals surface area contributed by atoms with Gasteiger partial charge in [0.05, 0.1) is 18.1 Å². The van der Waals surface area contributed by atoms with Crippen LogP contribution in [0.5, 0.6) is 0 Å². The lowest BCUT2D eigenvalue weighted by atomic mass is 9.84. The molecule has 0 aromatic rings. The molecule has 2 saturated heterocycles. The zero-order valence-corrected chi connectivity index (χ0v) is 14.5. The first kappa shape index (κ1) is 16.7. The Bertz CT molecular complexity index is 462. The Balaban J connectivity index is 1.76. The normalized spacial score (nSPS) is 38.1. The van der Waals surface area contributed by atoms with E-state index in [4.69, 9.17) is 0 Å². The molecule has 130 valence electrons. The van der Waals surface area contributed by atoms with Crippen molar-refractivity contribution in [3.63, 3.8) is 0 Å². The molecule has 2 amide bonds. The van der Waals surface area contributed by atoms with E-state index in [0.29, 0.717) is 19.1 Å². The smallest absolute Gasteiger partial charge is 0.241 e. The quantitative estimate of drug-likeness (QED) is 0.730. The van der Waals surface area contributed by atoms with Crippen LogP contribution in [-0.2, 0) is 9.59 Å². The second-order valence-corrected chi connectivity index (χ2v) is 7.46. The number of piperazine rings is 2. The molecule has 2 heterocycles. The molecule has 1 aliphatic carbocycles. The standard InChI is InChI=1S/C17H30N4O2/c1-11-8-19-14(9-18-11)17(23)20-10-12(2)21(13(3)22)16-7-5-4-6-15(16)20/h11-12,14-16,18-19H,4-10H2,1-3H3/t11?,12-,14?,15?,16?/m0/s1. The van der Waals surface area contributed by atoms with Crippen molar-refractivity contribution in [1.82, 2.24) is 20.4 Å². The molecule has 6 heteroatoms. The fraction of sp³-hybridized carbons (Fsp3) is 0.882. The highest BCUT2D eigenvalue weighted by Gasteiger charge is 2.45. The molecular formula is C17H30N4O2. The molecule has 3 rings (SSSR count). The van der Waals surface area contributed by atoms with Gasteiger partial charge in [-0.2, -0.15) is 0 Å². The molecule has 23 heavy (non-hydrogen) atoms. The summed E-state index contributed by atoms with van der Waals surface area (Å²) in [5.41, 5.74) is 0. The van der Waals surface area contributed by atoms with Gasteiger partial charge in [0, 0.05) is 38.6 Å². The van der Waals surface area contributed by atoms with Gasteiger partial charge >= 0.3 is 0 Å². The van der Waals surface area contributed by atoms with Crippen LogP contribution in [0, 0.1) is 0 Å². The Morgan fingerprint density at radius 1 is 1.00 bits per heavy atom. The van der Waals surface area contributed by atoms with E-state index in [1.54, 1.807) is 6.92 Å². The Kier molecular flexibility index (Phi) is 4.92. The van der Waals surface area contributed by atoms with E-state index in [2.05, 4.69) is 29.4 Å². The third-order valence-corrected chi connectivity index (χ3v) is 5.67. The number of carbonyl (C=O) groups excluding carboxylic acids is 2. The summed E-state index contributed by atoms with van der Waals surface area (Å²) in [4.78, 5) is 29.2. The summed E-state index contributed by atoms with van der Waals surface area (Å²) in [6.45, 7) is 8.03. The fourth-order valence-electron chi connectivity index (χ4n) is 4.57. The lowest BCUT2D eigenvalue weighted by Crippen LogP contribution is -2.69. The van der Waals surface area contributed by atoms with Gasteiger partial charge in [0.1, 0.15) is 0 Å². The monoisotopic (exact) mass is 322 g/mol. The van der Waals surface area contributed by atoms with Crippen LogP contribution in [0.1, 0.15) is 46.5 Å². The van der Waals surface area contributed by atoms with Crippen LogP contribution < -0.4 is 10.6 Å². The van der Waals surface area contributed by atoms with Crippen molar-refractivity contribution in [2.75, 3.05) is 19.6 Å². The predicted molar refractivity (Wildman–Crippen MR) is 89.0 cm³/mol. The average Bonchev–Trinajstić information content (AvgIpc) is 2.53. The number of fused-ring (bicyclic) bond motifs is 1. The molecule has 5 atom stereocenters. The molecule has 3 fully saturated rings. The van der Waals surface area contributed by atoms with Crippen molar-refractivity contribution in [3.05, 3.63) is 0 Å². The molecule has 0 aromatic heterocycles. The van der Waals surface area contributed by atoms with Crippen LogP contribution in [0.2, 0.25) is 0 Å². The van der Waals surface area contributed by atoms with Crippen molar-refractivity contribution >= 4 is 11.8 Å². The Hall–Kier alpha value is -1.14. The van der Waals surface area contributed by atoms with Gasteiger partial charge in [0.15, 0.2) is 0 Å². The molecule has 6 nitrogen and oxygen atoms in total. The summed E-state index contributed by atoms with van der Waals surface area (Å²) < 4.78 is 0. The molecule has 2 aliphatic heterocycles. The topological polar surface area (TPSA) is 64.7 Å². The fourth-order valence-corrected chi connectivity index (χ4v) is 4.57. The number of amides is 2. The van der Waals surface area contributed by atoms with E-state index in [0.717, 1.165) is 32.2 Å². The number of hydrogen-bond donors (Lipinski definition) is 2. The summed E-state index contributed by atoms with van der Waals surface area (Å²) in [5, 5.41) is 6.76. The van der Waals surface area contributed by atoms with Gasteiger partial charge in [-0.05, 0) is 26.7 Å². The zero-order valence-electron chi connectivity index (χ0n) is 14.5. The second kappa shape index (κ2) is 6.77. The maximum Gasteiger partial charge on any atom is 0.241 e. The largest absolute Gasteiger partial charge is 0.334 e. The molecule has 0 radical (unpaired) electrons. The number of hydrogen-bond acceptors (Lipinski definition) is 4. The van der Waals surface area contributed by atoms with Crippen LogP contribution in [0.25, 0.3) is 0 Å². The van der Waals surface area contributed by atoms with E-state index in [9.17, 15) is 9.59 Å². The van der Waals surface area contributed by atoms with Crippen molar-refractivity contribution in [2.45, 2.75) is 76.7 Å². The van der Waals surface area contributed by atoms with Gasteiger partial charge in [0.25, 0.3) is 0 Å². The first-order chi connectivity index (χ1) is 11.0. The maximum atomic E-state index is 13.1. The lowest BCUT2D eigenvalue weighted by molar-refractivity contribution is -0.154. The van der Waals surface area contributed by atoms with Crippen LogP contribution >= 0.6 is 0 Å². The van der Waals surface area contributed by atoms with Crippen molar-refractivity contribution in [3.8, 4) is 0 Å². The molecule has 1 saturated carbocycles. The molecule has 0 bridgehead atoms. The summed E-state index contributed by atoms with van der Waals surface area (Å²) >= 11 is 0. The Labute approximate surface area is 139 Å². The zero-order chi connectivity index (χ0) is 16.6. The Morgan fingerprint density at radius 3 is 2.30 bits per heavy atom. The van der Waals surface area contributed by atoms with Gasteiger partial charge in [0.2, 0.25) is 11.8 Å². The highest BCUT2D eigenvalue weighted by atomic mass is 16.2. The number of rotatable bonds is 1. The second-order valence-electron chi connectivity index (χ2n) is 7.46. The molecular weight excluding hydrogens is 292 g/mol. The highest BCUT2D eigenvalue weighted by Crippen LogP contribution is 2.33. The third kappa shape index (κ3) is 3.24. The summed E-state index contributed by atoms with van der Waals surface area (Å²) in [5.74, 6) is 0.351. The summed E-state index contributed by atoms with van der Waals surface area (Å²) in [7, 11) is 0. The minimum absolute atomic E-state index is 0.103. The van der Waals surface area contributed by atoms with Crippen molar-refractivity contribution in [1.29, 1.82) is 0 Å². The Morgan fingerprint density at radius 2 is 1.70 bits per heavy atom. The number of nitrogens with zero attached hydrogens (tertiary/aromatic N) is 2. The van der Waals surface area contributed by atoms with Gasteiger partial charge < -0.3 is 20.4 Å². The minimum Gasteiger partial charge on any atom is -0.334 e. The van der Waals surface area contributed by atoms with Gasteiger partial charge in [-0.25, -0.2) is 0 Å². The third-order valence-electron chi connectivity index (χ3n) is 5.67. The SMILES string of the molecule is CC(=O)N1C2CCCCC2N(C(=O)C2CNC(C)CN2)C[C@@H]1C. The van der Waals surface area contributed by atoms with Crippen LogP contribution in [-0.4, -0.2) is 71.5 Å². The molecule has 0 aromatic carbocycles. The minimum atomic E-state index is -0.134. The summed E-state index contributed by atoms with van der Waals surface area (Å²) in [6.07, 6.45) is 4.34. The van der Waals surface area contributed by atoms with E-state index < -0.39 is 0 Å². The van der Waals surface area contributed by atoms with Gasteiger partial charge in [-0.1, -0.05) is 12.8 Å². The molecule has 0 spiro atoms. The first-order valence-electron chi connectivity index (χ1n) is 9.05. The van der Waals surface area contributed by atoms with E-state index >= 15 is 0 Å². The lowest BCUT2D eigenvalue weighted by Gasteiger charge is -2.53. The van der Waals surface area contributed by atoms with E-state index in [1.165, 1.54) is 0 Å². The van der Waals surface area contributed by atoms with Crippen LogP contribution in [0.3, 0.4) is 0 Å². The molecule has 4 unspecified atom stereocenters. The molecule has 3 aliphatic rings. The molecule has 2 N–H and O–H groups in total. The van der Waals surface area contributed by atoms with E-state index in [-0.39, 0.29) is 36.0 Å². The van der Waals surface area contributed by atoms with Crippen LogP contribution in [0.4, 0.5) is 0 Å². The predicted octanol–water partition coefficient (Wildman–Crippen LogP) is 0.327. The first-order valence-corrected chi connectivity index (χ1v) is 9.05. The number of carbonyl (C=O) groups is 2. The van der Waals surface area contributed by atoms with Crippen molar-refractivity contribution < 1.29 is 9.59 Å².